The lowest BCUT2D eigenvalue weighted by Crippen LogP contribution is -2.04. The molecule has 0 heterocycles. The van der Waals surface area contributed by atoms with Gasteiger partial charge in [0.15, 0.2) is 5.78 Å². The van der Waals surface area contributed by atoms with Crippen molar-refractivity contribution in [3.05, 3.63) is 35.4 Å². The second kappa shape index (κ2) is 10.6. The smallest absolute Gasteiger partial charge is 0.163 e. The molecule has 112 valence electrons. The molecule has 0 bridgehead atoms. The quantitative estimate of drug-likeness (QED) is 0.412. The van der Waals surface area contributed by atoms with Crippen LogP contribution in [0.4, 0.5) is 0 Å². The number of ether oxygens (including phenoxy) is 1. The Bertz CT molecular complexity index is 385. The highest BCUT2D eigenvalue weighted by molar-refractivity contribution is 5.97. The summed E-state index contributed by atoms with van der Waals surface area (Å²) in [7, 11) is 1.66. The maximum atomic E-state index is 12.2. The van der Waals surface area contributed by atoms with Crippen molar-refractivity contribution in [2.75, 3.05) is 7.11 Å². The van der Waals surface area contributed by atoms with Gasteiger partial charge in [0, 0.05) is 19.1 Å². The predicted molar refractivity (Wildman–Crippen MR) is 84.1 cm³/mol. The zero-order chi connectivity index (χ0) is 14.6. The number of rotatable bonds is 11. The van der Waals surface area contributed by atoms with Gasteiger partial charge >= 0.3 is 0 Å². The first kappa shape index (κ1) is 16.9. The van der Waals surface area contributed by atoms with Gasteiger partial charge in [-0.15, -0.1) is 0 Å². The first-order valence-electron chi connectivity index (χ1n) is 7.89. The van der Waals surface area contributed by atoms with Crippen LogP contribution in [-0.2, 0) is 11.3 Å². The number of hydrogen-bond acceptors (Lipinski definition) is 2. The van der Waals surface area contributed by atoms with Crippen molar-refractivity contribution in [2.45, 2.75) is 64.9 Å². The van der Waals surface area contributed by atoms with E-state index in [2.05, 4.69) is 6.92 Å². The molecule has 0 aliphatic rings. The van der Waals surface area contributed by atoms with E-state index in [-0.39, 0.29) is 5.78 Å². The standard InChI is InChI=1S/C18H28O2/c1-3-4-5-6-7-8-9-14-18(19)17-13-11-10-12-16(17)15-20-2/h10-13H,3-9,14-15H2,1-2H3. The maximum Gasteiger partial charge on any atom is 0.163 e. The fraction of sp³-hybridized carbons (Fsp3) is 0.611. The Morgan fingerprint density at radius 1 is 1.00 bits per heavy atom. The molecule has 0 saturated heterocycles. The molecule has 1 aromatic rings. The Balaban J connectivity index is 2.29. The lowest BCUT2D eigenvalue weighted by molar-refractivity contribution is 0.0974. The second-order valence-corrected chi connectivity index (χ2v) is 5.38. The molecule has 0 spiro atoms. The van der Waals surface area contributed by atoms with Crippen molar-refractivity contribution in [1.82, 2.24) is 0 Å². The SMILES string of the molecule is CCCCCCCCCC(=O)c1ccccc1COC. The van der Waals surface area contributed by atoms with E-state index in [0.29, 0.717) is 13.0 Å². The Labute approximate surface area is 123 Å². The van der Waals surface area contributed by atoms with Crippen LogP contribution in [0.1, 0.15) is 74.2 Å². The summed E-state index contributed by atoms with van der Waals surface area (Å²) >= 11 is 0. The molecule has 0 aliphatic carbocycles. The maximum absolute atomic E-state index is 12.2. The lowest BCUT2D eigenvalue weighted by Gasteiger charge is -2.07. The molecule has 0 amide bonds. The molecular weight excluding hydrogens is 248 g/mol. The normalized spacial score (nSPS) is 10.7. The molecule has 0 N–H and O–H groups in total. The van der Waals surface area contributed by atoms with E-state index in [1.165, 1.54) is 38.5 Å². The minimum absolute atomic E-state index is 0.256. The molecule has 0 fully saturated rings. The Hall–Kier alpha value is -1.15. The number of methoxy groups -OCH3 is 1. The molecule has 20 heavy (non-hydrogen) atoms. The number of benzene rings is 1. The largest absolute Gasteiger partial charge is 0.380 e. The molecule has 1 rings (SSSR count). The summed E-state index contributed by atoms with van der Waals surface area (Å²) in [6.45, 7) is 2.75. The Kier molecular flexibility index (Phi) is 8.97. The summed E-state index contributed by atoms with van der Waals surface area (Å²) in [5.41, 5.74) is 1.84. The third kappa shape index (κ3) is 6.33. The minimum atomic E-state index is 0.256. The van der Waals surface area contributed by atoms with Crippen molar-refractivity contribution < 1.29 is 9.53 Å². The third-order valence-electron chi connectivity index (χ3n) is 3.63. The molecule has 0 aromatic heterocycles. The summed E-state index contributed by atoms with van der Waals surface area (Å²) in [6, 6.07) is 7.77. The molecule has 1 aromatic carbocycles. The first-order chi connectivity index (χ1) is 9.79. The van der Waals surface area contributed by atoms with E-state index < -0.39 is 0 Å². The first-order valence-corrected chi connectivity index (χ1v) is 7.89. The zero-order valence-corrected chi connectivity index (χ0v) is 13.0. The topological polar surface area (TPSA) is 26.3 Å². The number of Topliss-reactive ketones (excluding diaryl/α,β-unsaturated/α-hetero) is 1. The minimum Gasteiger partial charge on any atom is -0.380 e. The average Bonchev–Trinajstić information content (AvgIpc) is 2.47. The monoisotopic (exact) mass is 276 g/mol. The van der Waals surface area contributed by atoms with E-state index in [1.54, 1.807) is 7.11 Å². The molecule has 0 atom stereocenters. The predicted octanol–water partition coefficient (Wildman–Crippen LogP) is 5.16. The van der Waals surface area contributed by atoms with E-state index in [0.717, 1.165) is 17.5 Å². The number of ketones is 1. The molecule has 2 nitrogen and oxygen atoms in total. The number of carbonyl (C=O) groups excluding carboxylic acids is 1. The van der Waals surface area contributed by atoms with Crippen molar-refractivity contribution in [3.8, 4) is 0 Å². The van der Waals surface area contributed by atoms with Crippen LogP contribution in [0, 0.1) is 0 Å². The summed E-state index contributed by atoms with van der Waals surface area (Å²) in [5, 5.41) is 0. The highest BCUT2D eigenvalue weighted by atomic mass is 16.5. The van der Waals surface area contributed by atoms with Crippen LogP contribution in [-0.4, -0.2) is 12.9 Å². The zero-order valence-electron chi connectivity index (χ0n) is 13.0. The van der Waals surface area contributed by atoms with Crippen molar-refractivity contribution in [2.24, 2.45) is 0 Å². The van der Waals surface area contributed by atoms with Crippen LogP contribution in [0.25, 0.3) is 0 Å². The van der Waals surface area contributed by atoms with Crippen LogP contribution < -0.4 is 0 Å². The van der Waals surface area contributed by atoms with Crippen molar-refractivity contribution in [3.63, 3.8) is 0 Å². The van der Waals surface area contributed by atoms with Crippen LogP contribution in [0.5, 0.6) is 0 Å². The van der Waals surface area contributed by atoms with Gasteiger partial charge in [0.25, 0.3) is 0 Å². The molecule has 2 heteroatoms. The molecule has 0 saturated carbocycles. The van der Waals surface area contributed by atoms with Gasteiger partial charge in [-0.3, -0.25) is 4.79 Å². The second-order valence-electron chi connectivity index (χ2n) is 5.38. The molecular formula is C18H28O2. The van der Waals surface area contributed by atoms with Gasteiger partial charge in [-0.2, -0.15) is 0 Å². The fourth-order valence-electron chi connectivity index (χ4n) is 2.45. The van der Waals surface area contributed by atoms with Gasteiger partial charge in [-0.25, -0.2) is 0 Å². The fourth-order valence-corrected chi connectivity index (χ4v) is 2.45. The molecule has 0 aliphatic heterocycles. The van der Waals surface area contributed by atoms with Crippen molar-refractivity contribution in [1.29, 1.82) is 0 Å². The molecule has 0 unspecified atom stereocenters. The summed E-state index contributed by atoms with van der Waals surface area (Å²) in [6.07, 6.45) is 9.36. The van der Waals surface area contributed by atoms with Gasteiger partial charge in [0.1, 0.15) is 0 Å². The Morgan fingerprint density at radius 2 is 1.65 bits per heavy atom. The van der Waals surface area contributed by atoms with Gasteiger partial charge in [-0.1, -0.05) is 69.7 Å². The van der Waals surface area contributed by atoms with Crippen LogP contribution in [0.15, 0.2) is 24.3 Å². The summed E-state index contributed by atoms with van der Waals surface area (Å²) in [4.78, 5) is 12.2. The van der Waals surface area contributed by atoms with Gasteiger partial charge in [-0.05, 0) is 12.0 Å². The van der Waals surface area contributed by atoms with E-state index in [1.807, 2.05) is 24.3 Å². The van der Waals surface area contributed by atoms with Gasteiger partial charge < -0.3 is 4.74 Å². The number of carbonyl (C=O) groups is 1. The van der Waals surface area contributed by atoms with Gasteiger partial charge in [0.05, 0.1) is 6.61 Å². The Morgan fingerprint density at radius 3 is 2.35 bits per heavy atom. The highest BCUT2D eigenvalue weighted by Gasteiger charge is 2.10. The third-order valence-corrected chi connectivity index (χ3v) is 3.63. The van der Waals surface area contributed by atoms with E-state index in [4.69, 9.17) is 4.74 Å². The summed E-state index contributed by atoms with van der Waals surface area (Å²) < 4.78 is 5.15. The van der Waals surface area contributed by atoms with Crippen LogP contribution in [0.2, 0.25) is 0 Å². The average molecular weight is 276 g/mol. The lowest BCUT2D eigenvalue weighted by atomic mass is 9.99. The van der Waals surface area contributed by atoms with Crippen LogP contribution in [0.3, 0.4) is 0 Å². The summed E-state index contributed by atoms with van der Waals surface area (Å²) in [5.74, 6) is 0.256. The van der Waals surface area contributed by atoms with Gasteiger partial charge in [0.2, 0.25) is 0 Å². The van der Waals surface area contributed by atoms with Crippen LogP contribution >= 0.6 is 0 Å². The molecule has 0 radical (unpaired) electrons. The van der Waals surface area contributed by atoms with E-state index >= 15 is 0 Å². The number of unbranched alkanes of at least 4 members (excludes halogenated alkanes) is 6. The van der Waals surface area contributed by atoms with Crippen molar-refractivity contribution >= 4 is 5.78 Å². The highest BCUT2D eigenvalue weighted by Crippen LogP contribution is 2.15. The number of hydrogen-bond donors (Lipinski definition) is 0. The van der Waals surface area contributed by atoms with E-state index in [9.17, 15) is 4.79 Å².